The Bertz CT molecular complexity index is 324. The first kappa shape index (κ1) is 19.6. The maximum absolute atomic E-state index is 10.9. The molecule has 0 rings (SSSR count). The Balaban J connectivity index is 4.61. The third-order valence-corrected chi connectivity index (χ3v) is 8.74. The first-order valence-corrected chi connectivity index (χ1v) is 9.96. The van der Waals surface area contributed by atoms with Crippen LogP contribution in [0.2, 0.25) is 18.1 Å². The van der Waals surface area contributed by atoms with Gasteiger partial charge in [0.05, 0.1) is 13.2 Å². The van der Waals surface area contributed by atoms with Crippen LogP contribution in [0.15, 0.2) is 0 Å². The van der Waals surface area contributed by atoms with E-state index in [-0.39, 0.29) is 18.2 Å². The van der Waals surface area contributed by atoms with Gasteiger partial charge >= 0.3 is 5.97 Å². The number of hydrogen-bond acceptors (Lipinski definition) is 4. The van der Waals surface area contributed by atoms with Gasteiger partial charge in [0.25, 0.3) is 0 Å². The van der Waals surface area contributed by atoms with E-state index in [0.29, 0.717) is 13.2 Å². The van der Waals surface area contributed by atoms with E-state index in [1.807, 2.05) is 13.8 Å². The number of aliphatic carboxylic acids is 1. The summed E-state index contributed by atoms with van der Waals surface area (Å²) in [5, 5.41) is 18.5. The molecule has 0 unspecified atom stereocenters. The minimum Gasteiger partial charge on any atom is -0.480 e. The molecule has 0 aliphatic heterocycles. The molecule has 120 valence electrons. The predicted molar refractivity (Wildman–Crippen MR) is 83.5 cm³/mol. The molecule has 0 aliphatic carbocycles. The molecule has 20 heavy (non-hydrogen) atoms. The van der Waals surface area contributed by atoms with E-state index < -0.39 is 19.8 Å². The largest absolute Gasteiger partial charge is 0.480 e. The molecule has 2 N–H and O–H groups in total. The Hall–Kier alpha value is -0.433. The SMILES string of the molecule is CC(C)(CO)N(CCO[Si](C)(C)C(C)(C)C)CC(=O)O. The number of rotatable bonds is 8. The molecule has 5 nitrogen and oxygen atoms in total. The quantitative estimate of drug-likeness (QED) is 0.673. The second kappa shape index (κ2) is 7.02. The van der Waals surface area contributed by atoms with Crippen LogP contribution in [0.3, 0.4) is 0 Å². The van der Waals surface area contributed by atoms with Gasteiger partial charge in [0.1, 0.15) is 0 Å². The van der Waals surface area contributed by atoms with E-state index in [0.717, 1.165) is 0 Å². The van der Waals surface area contributed by atoms with Crippen molar-refractivity contribution in [2.75, 3.05) is 26.3 Å². The number of hydrogen-bond donors (Lipinski definition) is 2. The van der Waals surface area contributed by atoms with Crippen molar-refractivity contribution in [1.29, 1.82) is 0 Å². The van der Waals surface area contributed by atoms with Crippen molar-refractivity contribution in [3.63, 3.8) is 0 Å². The van der Waals surface area contributed by atoms with E-state index in [1.54, 1.807) is 4.90 Å². The third kappa shape index (κ3) is 5.91. The van der Waals surface area contributed by atoms with Crippen molar-refractivity contribution in [3.05, 3.63) is 0 Å². The molecule has 0 radical (unpaired) electrons. The summed E-state index contributed by atoms with van der Waals surface area (Å²) in [7, 11) is -1.82. The lowest BCUT2D eigenvalue weighted by Crippen LogP contribution is -2.51. The lowest BCUT2D eigenvalue weighted by Gasteiger charge is -2.39. The van der Waals surface area contributed by atoms with Crippen LogP contribution in [0, 0.1) is 0 Å². The number of aliphatic hydroxyl groups excluding tert-OH is 1. The normalized spacial score (nSPS) is 13.8. The first-order chi connectivity index (χ1) is 8.83. The molecule has 0 heterocycles. The number of carboxylic acid groups (broad SMARTS) is 1. The Morgan fingerprint density at radius 2 is 1.70 bits per heavy atom. The fraction of sp³-hybridized carbons (Fsp3) is 0.929. The zero-order valence-electron chi connectivity index (χ0n) is 14.0. The molecular weight excluding hydrogens is 274 g/mol. The molecule has 0 aliphatic rings. The summed E-state index contributed by atoms with van der Waals surface area (Å²) in [5.41, 5.74) is -0.560. The van der Waals surface area contributed by atoms with Crippen molar-refractivity contribution in [3.8, 4) is 0 Å². The van der Waals surface area contributed by atoms with Crippen LogP contribution in [-0.4, -0.2) is 61.2 Å². The van der Waals surface area contributed by atoms with Gasteiger partial charge in [-0.1, -0.05) is 20.8 Å². The van der Waals surface area contributed by atoms with E-state index in [4.69, 9.17) is 9.53 Å². The minimum absolute atomic E-state index is 0.0830. The zero-order chi connectivity index (χ0) is 16.2. The first-order valence-electron chi connectivity index (χ1n) is 7.05. The topological polar surface area (TPSA) is 70.0 Å². The zero-order valence-corrected chi connectivity index (χ0v) is 15.0. The molecule has 0 amide bonds. The fourth-order valence-corrected chi connectivity index (χ4v) is 2.52. The van der Waals surface area contributed by atoms with Crippen molar-refractivity contribution in [2.45, 2.75) is 58.3 Å². The second-order valence-corrected chi connectivity index (χ2v) is 12.2. The highest BCUT2D eigenvalue weighted by Crippen LogP contribution is 2.36. The summed E-state index contributed by atoms with van der Waals surface area (Å²) < 4.78 is 6.07. The van der Waals surface area contributed by atoms with Gasteiger partial charge in [-0.05, 0) is 32.0 Å². The van der Waals surface area contributed by atoms with Gasteiger partial charge in [-0.3, -0.25) is 9.69 Å². The molecule has 0 fully saturated rings. The Labute approximate surface area is 124 Å². The van der Waals surface area contributed by atoms with Gasteiger partial charge in [0.15, 0.2) is 8.32 Å². The number of aliphatic hydroxyl groups is 1. The van der Waals surface area contributed by atoms with Crippen molar-refractivity contribution in [1.82, 2.24) is 4.90 Å². The number of nitrogens with zero attached hydrogens (tertiary/aromatic N) is 1. The average Bonchev–Trinajstić information content (AvgIpc) is 2.25. The minimum atomic E-state index is -1.82. The standard InChI is InChI=1S/C14H31NO4Si/c1-13(2,3)20(6,7)19-9-8-15(10-12(17)18)14(4,5)11-16/h16H,8-11H2,1-7H3,(H,17,18). The summed E-state index contributed by atoms with van der Waals surface area (Å²) in [6.45, 7) is 15.4. The van der Waals surface area contributed by atoms with Gasteiger partial charge < -0.3 is 14.6 Å². The van der Waals surface area contributed by atoms with Gasteiger partial charge in [-0.2, -0.15) is 0 Å². The Morgan fingerprint density at radius 3 is 2.05 bits per heavy atom. The second-order valence-electron chi connectivity index (χ2n) is 7.39. The molecule has 0 atom stereocenters. The van der Waals surface area contributed by atoms with Crippen molar-refractivity contribution in [2.24, 2.45) is 0 Å². The van der Waals surface area contributed by atoms with Crippen molar-refractivity contribution >= 4 is 14.3 Å². The Morgan fingerprint density at radius 1 is 1.20 bits per heavy atom. The maximum atomic E-state index is 10.9. The molecule has 0 saturated carbocycles. The predicted octanol–water partition coefficient (Wildman–Crippen LogP) is 2.17. The molecule has 0 aromatic heterocycles. The lowest BCUT2D eigenvalue weighted by molar-refractivity contribution is -0.140. The number of carboxylic acids is 1. The molecule has 0 bridgehead atoms. The molecule has 0 aromatic rings. The summed E-state index contributed by atoms with van der Waals surface area (Å²) in [4.78, 5) is 12.7. The third-order valence-electron chi connectivity index (χ3n) is 4.20. The van der Waals surface area contributed by atoms with Crippen LogP contribution < -0.4 is 0 Å². The summed E-state index contributed by atoms with van der Waals surface area (Å²) >= 11 is 0. The van der Waals surface area contributed by atoms with Crippen LogP contribution in [0.4, 0.5) is 0 Å². The smallest absolute Gasteiger partial charge is 0.317 e. The molecule has 0 saturated heterocycles. The summed E-state index contributed by atoms with van der Waals surface area (Å²) in [6.07, 6.45) is 0. The highest BCUT2D eigenvalue weighted by molar-refractivity contribution is 6.74. The van der Waals surface area contributed by atoms with Crippen LogP contribution in [0.1, 0.15) is 34.6 Å². The van der Waals surface area contributed by atoms with Gasteiger partial charge in [-0.15, -0.1) is 0 Å². The van der Waals surface area contributed by atoms with Gasteiger partial charge in [0.2, 0.25) is 0 Å². The van der Waals surface area contributed by atoms with Crippen LogP contribution in [-0.2, 0) is 9.22 Å². The van der Waals surface area contributed by atoms with Crippen LogP contribution in [0.5, 0.6) is 0 Å². The number of carbonyl (C=O) groups is 1. The molecular formula is C14H31NO4Si. The summed E-state index contributed by atoms with van der Waals surface area (Å²) in [5.74, 6) is -0.890. The van der Waals surface area contributed by atoms with E-state index in [1.165, 1.54) is 0 Å². The van der Waals surface area contributed by atoms with Gasteiger partial charge in [-0.25, -0.2) is 0 Å². The molecule has 6 heteroatoms. The fourth-order valence-electron chi connectivity index (χ4n) is 1.49. The van der Waals surface area contributed by atoms with E-state index in [9.17, 15) is 9.90 Å². The Kier molecular flexibility index (Phi) is 6.87. The van der Waals surface area contributed by atoms with Gasteiger partial charge in [0, 0.05) is 18.7 Å². The van der Waals surface area contributed by atoms with Crippen LogP contribution >= 0.6 is 0 Å². The molecule has 0 aromatic carbocycles. The maximum Gasteiger partial charge on any atom is 0.317 e. The average molecular weight is 305 g/mol. The van der Waals surface area contributed by atoms with E-state index in [2.05, 4.69) is 33.9 Å². The van der Waals surface area contributed by atoms with Crippen molar-refractivity contribution < 1.29 is 19.4 Å². The van der Waals surface area contributed by atoms with Crippen LogP contribution in [0.25, 0.3) is 0 Å². The van der Waals surface area contributed by atoms with E-state index >= 15 is 0 Å². The lowest BCUT2D eigenvalue weighted by atomic mass is 10.0. The summed E-state index contributed by atoms with van der Waals surface area (Å²) in [6, 6.07) is 0. The highest BCUT2D eigenvalue weighted by Gasteiger charge is 2.37. The molecule has 0 spiro atoms. The highest BCUT2D eigenvalue weighted by atomic mass is 28.4. The monoisotopic (exact) mass is 305 g/mol.